The fraction of sp³-hybridized carbons (Fsp3) is 0.500. The maximum atomic E-state index is 12.1. The molecule has 0 atom stereocenters. The van der Waals surface area contributed by atoms with Crippen LogP contribution in [-0.4, -0.2) is 40.3 Å². The van der Waals surface area contributed by atoms with Crippen molar-refractivity contribution in [3.05, 3.63) is 24.0 Å². The Morgan fingerprint density at radius 3 is 2.86 bits per heavy atom. The quantitative estimate of drug-likeness (QED) is 0.918. The van der Waals surface area contributed by atoms with Crippen LogP contribution < -0.4 is 10.2 Å². The minimum Gasteiger partial charge on any atom is -0.351 e. The molecule has 1 saturated heterocycles. The van der Waals surface area contributed by atoms with E-state index in [2.05, 4.69) is 20.4 Å². The number of aromatic nitrogens is 3. The molecule has 0 radical (unpaired) electrons. The third-order valence-electron chi connectivity index (χ3n) is 3.50. The van der Waals surface area contributed by atoms with E-state index in [1.54, 1.807) is 0 Å². The van der Waals surface area contributed by atoms with Gasteiger partial charge in [0.15, 0.2) is 0 Å². The second-order valence-electron chi connectivity index (χ2n) is 5.08. The molecule has 0 spiro atoms. The Hall–Kier alpha value is -1.89. The summed E-state index contributed by atoms with van der Waals surface area (Å²) in [7, 11) is 0. The van der Waals surface area contributed by atoms with E-state index < -0.39 is 0 Å². The van der Waals surface area contributed by atoms with E-state index in [-0.39, 0.29) is 5.91 Å². The summed E-state index contributed by atoms with van der Waals surface area (Å²) in [6.45, 7) is 4.81. The molecule has 1 N–H and O–H groups in total. The van der Waals surface area contributed by atoms with Crippen molar-refractivity contribution in [2.75, 3.05) is 24.5 Å². The lowest BCUT2D eigenvalue weighted by Gasteiger charge is -2.11. The second-order valence-corrected chi connectivity index (χ2v) is 6.02. The first-order valence-electron chi connectivity index (χ1n) is 7.34. The van der Waals surface area contributed by atoms with Crippen molar-refractivity contribution in [3.8, 4) is 5.13 Å². The number of amides is 1. The predicted molar refractivity (Wildman–Crippen MR) is 83.3 cm³/mol. The van der Waals surface area contributed by atoms with E-state index in [1.807, 2.05) is 29.8 Å². The molecular formula is C14H19N5OS. The molecule has 6 nitrogen and oxygen atoms in total. The fourth-order valence-corrected chi connectivity index (χ4v) is 3.30. The van der Waals surface area contributed by atoms with Gasteiger partial charge in [0.2, 0.25) is 10.3 Å². The molecule has 2 aromatic heterocycles. The van der Waals surface area contributed by atoms with E-state index in [9.17, 15) is 4.79 Å². The van der Waals surface area contributed by atoms with Gasteiger partial charge in [0.05, 0.1) is 0 Å². The average molecular weight is 305 g/mol. The van der Waals surface area contributed by atoms with Gasteiger partial charge in [-0.2, -0.15) is 0 Å². The molecule has 1 aliphatic rings. The molecular weight excluding hydrogens is 286 g/mol. The lowest BCUT2D eigenvalue weighted by molar-refractivity contribution is 0.0947. The highest BCUT2D eigenvalue weighted by Gasteiger charge is 2.19. The molecule has 0 aromatic carbocycles. The molecule has 2 aromatic rings. The number of carbonyl (C=O) groups is 1. The minimum atomic E-state index is -0.0697. The predicted octanol–water partition coefficient (Wildman–Crippen LogP) is 2.07. The van der Waals surface area contributed by atoms with Gasteiger partial charge in [-0.25, -0.2) is 0 Å². The molecule has 1 fully saturated rings. The van der Waals surface area contributed by atoms with Crippen molar-refractivity contribution in [1.82, 2.24) is 20.1 Å². The van der Waals surface area contributed by atoms with E-state index in [0.29, 0.717) is 12.2 Å². The zero-order valence-corrected chi connectivity index (χ0v) is 12.9. The van der Waals surface area contributed by atoms with Crippen LogP contribution in [0.25, 0.3) is 5.13 Å². The number of carbonyl (C=O) groups excluding carboxylic acids is 1. The fourth-order valence-electron chi connectivity index (χ4n) is 2.40. The molecule has 112 valence electrons. The number of hydrogen-bond acceptors (Lipinski definition) is 5. The lowest BCUT2D eigenvalue weighted by atomic mass is 10.4. The van der Waals surface area contributed by atoms with Crippen LogP contribution in [0.15, 0.2) is 18.3 Å². The van der Waals surface area contributed by atoms with Crippen molar-refractivity contribution in [3.63, 3.8) is 0 Å². The van der Waals surface area contributed by atoms with Crippen LogP contribution in [0.1, 0.15) is 36.7 Å². The van der Waals surface area contributed by atoms with E-state index in [4.69, 9.17) is 0 Å². The zero-order chi connectivity index (χ0) is 14.7. The number of hydrogen-bond donors (Lipinski definition) is 1. The molecule has 21 heavy (non-hydrogen) atoms. The summed E-state index contributed by atoms with van der Waals surface area (Å²) in [6, 6.07) is 3.67. The van der Waals surface area contributed by atoms with Crippen molar-refractivity contribution in [2.45, 2.75) is 26.2 Å². The van der Waals surface area contributed by atoms with E-state index in [1.165, 1.54) is 24.2 Å². The first-order chi connectivity index (χ1) is 10.3. The molecule has 0 saturated carbocycles. The van der Waals surface area contributed by atoms with Crippen LogP contribution in [0.3, 0.4) is 0 Å². The van der Waals surface area contributed by atoms with Gasteiger partial charge in [0.1, 0.15) is 5.69 Å². The van der Waals surface area contributed by atoms with Crippen LogP contribution in [0.4, 0.5) is 5.13 Å². The summed E-state index contributed by atoms with van der Waals surface area (Å²) in [5, 5.41) is 13.1. The maximum absolute atomic E-state index is 12.1. The second kappa shape index (κ2) is 6.26. The van der Waals surface area contributed by atoms with Crippen LogP contribution in [-0.2, 0) is 0 Å². The molecule has 1 amide bonds. The Morgan fingerprint density at radius 2 is 2.10 bits per heavy atom. The van der Waals surface area contributed by atoms with Crippen LogP contribution >= 0.6 is 11.3 Å². The summed E-state index contributed by atoms with van der Waals surface area (Å²) < 4.78 is 1.81. The summed E-state index contributed by atoms with van der Waals surface area (Å²) in [5.74, 6) is -0.0697. The first-order valence-corrected chi connectivity index (χ1v) is 8.15. The smallest absolute Gasteiger partial charge is 0.268 e. The van der Waals surface area contributed by atoms with Crippen LogP contribution in [0.5, 0.6) is 0 Å². The Balaban J connectivity index is 1.81. The Bertz CT molecular complexity index is 614. The normalized spacial score (nSPS) is 14.6. The standard InChI is InChI=1S/C14H19N5OS/c1-2-7-15-12(20)11-6-5-10-19(11)14-17-16-13(21-14)18-8-3-4-9-18/h5-6,10H,2-4,7-9H2,1H3,(H,15,20). The number of anilines is 1. The van der Waals surface area contributed by atoms with Gasteiger partial charge in [-0.1, -0.05) is 18.3 Å². The van der Waals surface area contributed by atoms with Gasteiger partial charge in [-0.15, -0.1) is 10.2 Å². The molecule has 0 aliphatic carbocycles. The molecule has 7 heteroatoms. The van der Waals surface area contributed by atoms with Crippen LogP contribution in [0, 0.1) is 0 Å². The highest BCUT2D eigenvalue weighted by molar-refractivity contribution is 7.17. The highest BCUT2D eigenvalue weighted by atomic mass is 32.1. The van der Waals surface area contributed by atoms with Crippen molar-refractivity contribution in [2.24, 2.45) is 0 Å². The summed E-state index contributed by atoms with van der Waals surface area (Å²) in [6.07, 6.45) is 5.20. The van der Waals surface area contributed by atoms with Gasteiger partial charge >= 0.3 is 0 Å². The van der Waals surface area contributed by atoms with Crippen molar-refractivity contribution < 1.29 is 4.79 Å². The van der Waals surface area contributed by atoms with Gasteiger partial charge in [0, 0.05) is 25.8 Å². The third kappa shape index (κ3) is 2.92. The van der Waals surface area contributed by atoms with Gasteiger partial charge in [-0.05, 0) is 31.4 Å². The average Bonchev–Trinajstić information content (AvgIpc) is 3.23. The number of nitrogens with zero attached hydrogens (tertiary/aromatic N) is 4. The van der Waals surface area contributed by atoms with Crippen molar-refractivity contribution >= 4 is 22.4 Å². The Labute approximate surface area is 127 Å². The van der Waals surface area contributed by atoms with E-state index in [0.717, 1.165) is 29.8 Å². The summed E-state index contributed by atoms with van der Waals surface area (Å²) >= 11 is 1.53. The molecule has 3 rings (SSSR count). The SMILES string of the molecule is CCCNC(=O)c1cccn1-c1nnc(N2CCCC2)s1. The minimum absolute atomic E-state index is 0.0697. The number of rotatable bonds is 5. The first kappa shape index (κ1) is 14.1. The van der Waals surface area contributed by atoms with Gasteiger partial charge in [-0.3, -0.25) is 9.36 Å². The largest absolute Gasteiger partial charge is 0.351 e. The molecule has 0 bridgehead atoms. The van der Waals surface area contributed by atoms with Gasteiger partial charge < -0.3 is 10.2 Å². The summed E-state index contributed by atoms with van der Waals surface area (Å²) in [4.78, 5) is 14.4. The summed E-state index contributed by atoms with van der Waals surface area (Å²) in [5.41, 5.74) is 0.604. The topological polar surface area (TPSA) is 63.1 Å². The third-order valence-corrected chi connectivity index (χ3v) is 4.49. The van der Waals surface area contributed by atoms with Crippen LogP contribution in [0.2, 0.25) is 0 Å². The zero-order valence-electron chi connectivity index (χ0n) is 12.1. The lowest BCUT2D eigenvalue weighted by Crippen LogP contribution is -2.26. The Morgan fingerprint density at radius 1 is 1.33 bits per heavy atom. The highest BCUT2D eigenvalue weighted by Crippen LogP contribution is 2.27. The molecule has 1 aliphatic heterocycles. The number of nitrogens with one attached hydrogen (secondary N) is 1. The molecule has 0 unspecified atom stereocenters. The van der Waals surface area contributed by atoms with Crippen molar-refractivity contribution in [1.29, 1.82) is 0 Å². The van der Waals surface area contributed by atoms with E-state index >= 15 is 0 Å². The molecule has 3 heterocycles. The Kier molecular flexibility index (Phi) is 4.19. The maximum Gasteiger partial charge on any atom is 0.268 e. The monoisotopic (exact) mass is 305 g/mol. The van der Waals surface area contributed by atoms with Gasteiger partial charge in [0.25, 0.3) is 5.91 Å².